The summed E-state index contributed by atoms with van der Waals surface area (Å²) in [7, 11) is 0. The number of para-hydroxylation sites is 2. The number of rotatable bonds is 4. The first-order chi connectivity index (χ1) is 12.5. The fourth-order valence-electron chi connectivity index (χ4n) is 3.32. The third-order valence-electron chi connectivity index (χ3n) is 4.76. The first-order valence-corrected chi connectivity index (χ1v) is 8.83. The summed E-state index contributed by atoms with van der Waals surface area (Å²) in [5, 5.41) is 27.1. The first kappa shape index (κ1) is 19.9. The fraction of sp³-hybridized carbons (Fsp3) is 0.588. The maximum atomic E-state index is 12.1. The van der Waals surface area contributed by atoms with Crippen LogP contribution in [-0.4, -0.2) is 41.8 Å². The second kappa shape index (κ2) is 9.93. The van der Waals surface area contributed by atoms with Gasteiger partial charge in [0.05, 0.1) is 9.85 Å². The van der Waals surface area contributed by atoms with Crippen LogP contribution in [0.1, 0.15) is 25.7 Å². The Balaban J connectivity index is 0.000000190. The van der Waals surface area contributed by atoms with Gasteiger partial charge in [-0.2, -0.15) is 0 Å². The van der Waals surface area contributed by atoms with E-state index in [0.29, 0.717) is 17.6 Å². The van der Waals surface area contributed by atoms with Gasteiger partial charge in [-0.1, -0.05) is 12.1 Å². The predicted molar refractivity (Wildman–Crippen MR) is 95.9 cm³/mol. The Morgan fingerprint density at radius 1 is 0.808 bits per heavy atom. The Bertz CT molecular complexity index is 587. The molecule has 0 unspecified atom stereocenters. The van der Waals surface area contributed by atoms with Crippen LogP contribution in [0, 0.1) is 32.1 Å². The third-order valence-corrected chi connectivity index (χ3v) is 4.76. The van der Waals surface area contributed by atoms with Crippen molar-refractivity contribution in [3.05, 3.63) is 44.5 Å². The highest BCUT2D eigenvalue weighted by Crippen LogP contribution is 2.25. The van der Waals surface area contributed by atoms with E-state index in [1.165, 1.54) is 12.1 Å². The van der Waals surface area contributed by atoms with Crippen molar-refractivity contribution in [2.75, 3.05) is 26.2 Å². The van der Waals surface area contributed by atoms with Crippen molar-refractivity contribution in [3.63, 3.8) is 0 Å². The monoisotopic (exact) mass is 364 g/mol. The standard InChI is InChI=1S/C11H20N2O.C6H4N2O4/c14-11(9-1-5-12-6-2-9)10-3-7-13-8-4-10;9-7(10)5-3-1-2-4-6(5)8(11)12/h9-10,12-13H,1-8H2;1-4H. The Hall–Kier alpha value is -2.39. The van der Waals surface area contributed by atoms with E-state index in [1.807, 2.05) is 0 Å². The molecule has 26 heavy (non-hydrogen) atoms. The summed E-state index contributed by atoms with van der Waals surface area (Å²) in [6.07, 6.45) is 4.23. The molecule has 2 heterocycles. The van der Waals surface area contributed by atoms with Crippen molar-refractivity contribution < 1.29 is 14.6 Å². The molecular weight excluding hydrogens is 340 g/mol. The zero-order valence-corrected chi connectivity index (χ0v) is 14.6. The van der Waals surface area contributed by atoms with Crippen molar-refractivity contribution in [1.82, 2.24) is 10.6 Å². The molecular formula is C17H24N4O5. The number of piperidine rings is 2. The van der Waals surface area contributed by atoms with E-state index in [-0.39, 0.29) is 0 Å². The summed E-state index contributed by atoms with van der Waals surface area (Å²) in [4.78, 5) is 31.0. The summed E-state index contributed by atoms with van der Waals surface area (Å²) in [6.45, 7) is 4.12. The number of benzene rings is 1. The van der Waals surface area contributed by atoms with Crippen LogP contribution in [0.3, 0.4) is 0 Å². The van der Waals surface area contributed by atoms with E-state index in [4.69, 9.17) is 0 Å². The largest absolute Gasteiger partial charge is 0.346 e. The normalized spacial score (nSPS) is 18.5. The minimum absolute atomic E-state index is 0.361. The molecule has 0 bridgehead atoms. The maximum Gasteiger partial charge on any atom is 0.346 e. The van der Waals surface area contributed by atoms with E-state index in [0.717, 1.165) is 64.0 Å². The zero-order valence-electron chi connectivity index (χ0n) is 14.6. The van der Waals surface area contributed by atoms with Crippen LogP contribution < -0.4 is 10.6 Å². The lowest BCUT2D eigenvalue weighted by Crippen LogP contribution is -2.38. The Labute approximate surface area is 151 Å². The molecule has 1 aromatic carbocycles. The summed E-state index contributed by atoms with van der Waals surface area (Å²) < 4.78 is 0. The predicted octanol–water partition coefficient (Wildman–Crippen LogP) is 2.06. The van der Waals surface area contributed by atoms with Crippen LogP contribution in [0.25, 0.3) is 0 Å². The molecule has 0 amide bonds. The van der Waals surface area contributed by atoms with Gasteiger partial charge in [0.25, 0.3) is 0 Å². The van der Waals surface area contributed by atoms with Gasteiger partial charge >= 0.3 is 11.4 Å². The molecule has 9 nitrogen and oxygen atoms in total. The Morgan fingerprint density at radius 2 is 1.15 bits per heavy atom. The minimum Gasteiger partial charge on any atom is -0.317 e. The van der Waals surface area contributed by atoms with Crippen LogP contribution in [0.2, 0.25) is 0 Å². The number of ketones is 1. The average molecular weight is 364 g/mol. The van der Waals surface area contributed by atoms with Crippen LogP contribution in [-0.2, 0) is 4.79 Å². The molecule has 0 aromatic heterocycles. The fourth-order valence-corrected chi connectivity index (χ4v) is 3.32. The van der Waals surface area contributed by atoms with Crippen molar-refractivity contribution in [2.24, 2.45) is 11.8 Å². The molecule has 1 aromatic rings. The van der Waals surface area contributed by atoms with Crippen LogP contribution in [0.5, 0.6) is 0 Å². The lowest BCUT2D eigenvalue weighted by molar-refractivity contribution is -0.422. The van der Waals surface area contributed by atoms with Gasteiger partial charge in [-0.3, -0.25) is 25.0 Å². The number of nitrogens with one attached hydrogen (secondary N) is 2. The quantitative estimate of drug-likeness (QED) is 0.618. The van der Waals surface area contributed by atoms with E-state index >= 15 is 0 Å². The number of nitro groups is 2. The molecule has 2 fully saturated rings. The van der Waals surface area contributed by atoms with E-state index in [1.54, 1.807) is 0 Å². The van der Waals surface area contributed by atoms with Crippen molar-refractivity contribution in [1.29, 1.82) is 0 Å². The number of nitro benzene ring substituents is 2. The number of carbonyl (C=O) groups is 1. The molecule has 2 aliphatic heterocycles. The highest BCUT2D eigenvalue weighted by Gasteiger charge is 2.28. The van der Waals surface area contributed by atoms with Gasteiger partial charge in [-0.25, -0.2) is 0 Å². The molecule has 0 spiro atoms. The van der Waals surface area contributed by atoms with Crippen molar-refractivity contribution >= 4 is 17.2 Å². The maximum absolute atomic E-state index is 12.1. The lowest BCUT2D eigenvalue weighted by Gasteiger charge is -2.28. The minimum atomic E-state index is -0.780. The second-order valence-electron chi connectivity index (χ2n) is 6.45. The lowest BCUT2D eigenvalue weighted by atomic mass is 9.82. The number of hydrogen-bond acceptors (Lipinski definition) is 7. The third kappa shape index (κ3) is 5.57. The summed E-state index contributed by atoms with van der Waals surface area (Å²) >= 11 is 0. The van der Waals surface area contributed by atoms with Crippen molar-refractivity contribution in [3.8, 4) is 0 Å². The van der Waals surface area contributed by atoms with Gasteiger partial charge in [0.15, 0.2) is 0 Å². The molecule has 2 N–H and O–H groups in total. The molecule has 0 aliphatic carbocycles. The molecule has 3 rings (SSSR count). The van der Waals surface area contributed by atoms with Crippen LogP contribution in [0.4, 0.5) is 11.4 Å². The van der Waals surface area contributed by atoms with E-state index in [2.05, 4.69) is 10.6 Å². The number of Topliss-reactive ketones (excluding diaryl/α,β-unsaturated/α-hetero) is 1. The average Bonchev–Trinajstić information content (AvgIpc) is 2.69. The van der Waals surface area contributed by atoms with Crippen molar-refractivity contribution in [2.45, 2.75) is 25.7 Å². The Morgan fingerprint density at radius 3 is 1.46 bits per heavy atom. The van der Waals surface area contributed by atoms with Gasteiger partial charge in [0.2, 0.25) is 0 Å². The second-order valence-corrected chi connectivity index (χ2v) is 6.45. The van der Waals surface area contributed by atoms with Gasteiger partial charge in [-0.05, 0) is 51.9 Å². The highest BCUT2D eigenvalue weighted by atomic mass is 16.6. The molecule has 0 atom stereocenters. The van der Waals surface area contributed by atoms with Crippen LogP contribution >= 0.6 is 0 Å². The van der Waals surface area contributed by atoms with E-state index < -0.39 is 21.2 Å². The summed E-state index contributed by atoms with van der Waals surface area (Å²) in [6, 6.07) is 4.95. The topological polar surface area (TPSA) is 127 Å². The molecule has 142 valence electrons. The van der Waals surface area contributed by atoms with Gasteiger partial charge in [0.1, 0.15) is 5.78 Å². The van der Waals surface area contributed by atoms with E-state index in [9.17, 15) is 25.0 Å². The molecule has 2 aliphatic rings. The molecule has 0 saturated carbocycles. The molecule has 2 saturated heterocycles. The van der Waals surface area contributed by atoms with Gasteiger partial charge in [-0.15, -0.1) is 0 Å². The highest BCUT2D eigenvalue weighted by molar-refractivity contribution is 5.83. The summed E-state index contributed by atoms with van der Waals surface area (Å²) in [5.74, 6) is 1.27. The number of hydrogen-bond donors (Lipinski definition) is 2. The first-order valence-electron chi connectivity index (χ1n) is 8.83. The van der Waals surface area contributed by atoms with Gasteiger partial charge < -0.3 is 10.6 Å². The smallest absolute Gasteiger partial charge is 0.317 e. The van der Waals surface area contributed by atoms with Gasteiger partial charge in [0, 0.05) is 24.0 Å². The zero-order chi connectivity index (χ0) is 18.9. The summed E-state index contributed by atoms with van der Waals surface area (Å²) in [5.41, 5.74) is -0.968. The molecule has 0 radical (unpaired) electrons. The number of nitrogens with zero attached hydrogens (tertiary/aromatic N) is 2. The SMILES string of the molecule is O=C(C1CCNCC1)C1CCNCC1.O=[N+]([O-])c1ccccc1[N+](=O)[O-]. The molecule has 9 heteroatoms. The Kier molecular flexibility index (Phi) is 7.61. The number of carbonyl (C=O) groups excluding carboxylic acids is 1. The van der Waals surface area contributed by atoms with Crippen LogP contribution in [0.15, 0.2) is 24.3 Å².